The highest BCUT2D eigenvalue weighted by Crippen LogP contribution is 2.16. The monoisotopic (exact) mass is 240 g/mol. The third kappa shape index (κ3) is 4.33. The van der Waals surface area contributed by atoms with Crippen molar-refractivity contribution in [2.45, 2.75) is 33.2 Å². The topological polar surface area (TPSA) is 41.1 Å². The molecular formula is C12H20N2OS. The minimum atomic E-state index is 0.0801. The molecule has 4 heteroatoms. The summed E-state index contributed by atoms with van der Waals surface area (Å²) < 4.78 is 0. The Kier molecular flexibility index (Phi) is 6.11. The van der Waals surface area contributed by atoms with E-state index in [0.29, 0.717) is 6.54 Å². The Morgan fingerprint density at radius 2 is 2.25 bits per heavy atom. The van der Waals surface area contributed by atoms with Crippen LogP contribution >= 0.6 is 11.3 Å². The molecule has 0 saturated carbocycles. The summed E-state index contributed by atoms with van der Waals surface area (Å²) in [5.74, 6) is 0.0801. The van der Waals surface area contributed by atoms with Crippen LogP contribution in [0.2, 0.25) is 0 Å². The van der Waals surface area contributed by atoms with Gasteiger partial charge >= 0.3 is 0 Å². The summed E-state index contributed by atoms with van der Waals surface area (Å²) in [6, 6.07) is 2.15. The molecule has 0 atom stereocenters. The van der Waals surface area contributed by atoms with Gasteiger partial charge in [-0.15, -0.1) is 11.3 Å². The van der Waals surface area contributed by atoms with Gasteiger partial charge in [0.1, 0.15) is 0 Å². The molecule has 0 aliphatic rings. The van der Waals surface area contributed by atoms with Gasteiger partial charge in [-0.05, 0) is 29.9 Å². The second-order valence-corrected chi connectivity index (χ2v) is 4.68. The number of thiophene rings is 1. The van der Waals surface area contributed by atoms with E-state index < -0.39 is 0 Å². The lowest BCUT2D eigenvalue weighted by atomic mass is 10.2. The number of carbonyl (C=O) groups excluding carboxylic acids is 1. The quantitative estimate of drug-likeness (QED) is 0.764. The lowest BCUT2D eigenvalue weighted by Gasteiger charge is -2.05. The number of carbonyl (C=O) groups is 1. The van der Waals surface area contributed by atoms with Crippen molar-refractivity contribution < 1.29 is 4.79 Å². The molecule has 0 aromatic carbocycles. The van der Waals surface area contributed by atoms with E-state index in [1.165, 1.54) is 10.4 Å². The molecule has 0 radical (unpaired) electrons. The van der Waals surface area contributed by atoms with Crippen molar-refractivity contribution in [2.24, 2.45) is 0 Å². The fourth-order valence-corrected chi connectivity index (χ4v) is 2.40. The highest BCUT2D eigenvalue weighted by atomic mass is 32.1. The maximum absolute atomic E-state index is 11.3. The minimum Gasteiger partial charge on any atom is -0.355 e. The molecule has 1 heterocycles. The van der Waals surface area contributed by atoms with Crippen molar-refractivity contribution in [3.63, 3.8) is 0 Å². The van der Waals surface area contributed by atoms with Crippen LogP contribution < -0.4 is 10.6 Å². The van der Waals surface area contributed by atoms with Crippen LogP contribution in [0.4, 0.5) is 0 Å². The van der Waals surface area contributed by atoms with E-state index in [1.54, 1.807) is 11.3 Å². The molecule has 0 fully saturated rings. The third-order valence-corrected chi connectivity index (χ3v) is 3.33. The SMILES string of the molecule is CCCNC(=O)CNCc1sccc1CC. The van der Waals surface area contributed by atoms with E-state index in [4.69, 9.17) is 0 Å². The average molecular weight is 240 g/mol. The molecule has 1 amide bonds. The van der Waals surface area contributed by atoms with E-state index in [9.17, 15) is 4.79 Å². The number of aryl methyl sites for hydroxylation is 1. The molecule has 3 nitrogen and oxygen atoms in total. The molecule has 1 aromatic rings. The largest absolute Gasteiger partial charge is 0.355 e. The van der Waals surface area contributed by atoms with Gasteiger partial charge in [0, 0.05) is 18.0 Å². The minimum absolute atomic E-state index is 0.0801. The molecule has 90 valence electrons. The molecule has 0 saturated heterocycles. The predicted octanol–water partition coefficient (Wildman–Crippen LogP) is 1.93. The molecule has 16 heavy (non-hydrogen) atoms. The summed E-state index contributed by atoms with van der Waals surface area (Å²) in [5.41, 5.74) is 1.38. The fourth-order valence-electron chi connectivity index (χ4n) is 1.45. The zero-order valence-corrected chi connectivity index (χ0v) is 10.8. The van der Waals surface area contributed by atoms with Crippen molar-refractivity contribution in [1.29, 1.82) is 0 Å². The molecule has 2 N–H and O–H groups in total. The van der Waals surface area contributed by atoms with E-state index in [2.05, 4.69) is 29.0 Å². The maximum Gasteiger partial charge on any atom is 0.233 e. The zero-order chi connectivity index (χ0) is 11.8. The molecular weight excluding hydrogens is 220 g/mol. The molecule has 0 unspecified atom stereocenters. The van der Waals surface area contributed by atoms with Crippen LogP contribution in [0.3, 0.4) is 0 Å². The number of hydrogen-bond acceptors (Lipinski definition) is 3. The molecule has 0 bridgehead atoms. The van der Waals surface area contributed by atoms with Crippen LogP contribution in [0, 0.1) is 0 Å². The van der Waals surface area contributed by atoms with Gasteiger partial charge in [0.15, 0.2) is 0 Å². The summed E-state index contributed by atoms with van der Waals surface area (Å²) in [6.07, 6.45) is 2.04. The summed E-state index contributed by atoms with van der Waals surface area (Å²) in [5, 5.41) is 8.12. The lowest BCUT2D eigenvalue weighted by molar-refractivity contribution is -0.120. The van der Waals surface area contributed by atoms with Gasteiger partial charge in [-0.3, -0.25) is 4.79 Å². The van der Waals surface area contributed by atoms with Crippen LogP contribution in [-0.4, -0.2) is 19.0 Å². The molecule has 1 rings (SSSR count). The number of amides is 1. The highest BCUT2D eigenvalue weighted by molar-refractivity contribution is 7.10. The fraction of sp³-hybridized carbons (Fsp3) is 0.583. The summed E-state index contributed by atoms with van der Waals surface area (Å²) in [7, 11) is 0. The van der Waals surface area contributed by atoms with Crippen molar-refractivity contribution >= 4 is 17.2 Å². The molecule has 1 aromatic heterocycles. The lowest BCUT2D eigenvalue weighted by Crippen LogP contribution is -2.33. The van der Waals surface area contributed by atoms with Gasteiger partial charge in [-0.2, -0.15) is 0 Å². The van der Waals surface area contributed by atoms with E-state index in [1.807, 2.05) is 6.92 Å². The number of rotatable bonds is 7. The smallest absolute Gasteiger partial charge is 0.233 e. The first-order valence-corrected chi connectivity index (χ1v) is 6.68. The predicted molar refractivity (Wildman–Crippen MR) is 68.7 cm³/mol. The van der Waals surface area contributed by atoms with Crippen LogP contribution in [-0.2, 0) is 17.8 Å². The summed E-state index contributed by atoms with van der Waals surface area (Å²) in [4.78, 5) is 12.7. The van der Waals surface area contributed by atoms with Crippen LogP contribution in [0.15, 0.2) is 11.4 Å². The van der Waals surface area contributed by atoms with E-state index in [0.717, 1.165) is 25.9 Å². The number of nitrogens with one attached hydrogen (secondary N) is 2. The first-order chi connectivity index (χ1) is 7.77. The van der Waals surface area contributed by atoms with Gasteiger partial charge in [0.2, 0.25) is 5.91 Å². The van der Waals surface area contributed by atoms with Crippen molar-refractivity contribution in [3.8, 4) is 0 Å². The molecule has 0 spiro atoms. The first kappa shape index (κ1) is 13.2. The second kappa shape index (κ2) is 7.41. The van der Waals surface area contributed by atoms with Crippen LogP contribution in [0.1, 0.15) is 30.7 Å². The Hall–Kier alpha value is -0.870. The Bertz CT molecular complexity index is 323. The Morgan fingerprint density at radius 3 is 2.94 bits per heavy atom. The normalized spacial score (nSPS) is 10.4. The van der Waals surface area contributed by atoms with Gasteiger partial charge < -0.3 is 10.6 Å². The standard InChI is InChI=1S/C12H20N2OS/c1-3-6-14-12(15)9-13-8-11-10(4-2)5-7-16-11/h5,7,13H,3-4,6,8-9H2,1-2H3,(H,14,15). The average Bonchev–Trinajstić information content (AvgIpc) is 2.74. The Morgan fingerprint density at radius 1 is 1.44 bits per heavy atom. The third-order valence-electron chi connectivity index (χ3n) is 2.36. The van der Waals surface area contributed by atoms with Crippen molar-refractivity contribution in [2.75, 3.05) is 13.1 Å². The second-order valence-electron chi connectivity index (χ2n) is 3.68. The van der Waals surface area contributed by atoms with E-state index in [-0.39, 0.29) is 5.91 Å². The van der Waals surface area contributed by atoms with Crippen LogP contribution in [0.5, 0.6) is 0 Å². The summed E-state index contributed by atoms with van der Waals surface area (Å²) in [6.45, 7) is 6.16. The number of hydrogen-bond donors (Lipinski definition) is 2. The summed E-state index contributed by atoms with van der Waals surface area (Å²) >= 11 is 1.75. The van der Waals surface area contributed by atoms with Crippen molar-refractivity contribution in [1.82, 2.24) is 10.6 Å². The van der Waals surface area contributed by atoms with Gasteiger partial charge in [0.05, 0.1) is 6.54 Å². The zero-order valence-electron chi connectivity index (χ0n) is 10.0. The maximum atomic E-state index is 11.3. The molecule has 0 aliphatic carbocycles. The van der Waals surface area contributed by atoms with Gasteiger partial charge in [-0.1, -0.05) is 13.8 Å². The van der Waals surface area contributed by atoms with Gasteiger partial charge in [-0.25, -0.2) is 0 Å². The Balaban J connectivity index is 2.22. The first-order valence-electron chi connectivity index (χ1n) is 5.80. The van der Waals surface area contributed by atoms with Crippen molar-refractivity contribution in [3.05, 3.63) is 21.9 Å². The Labute approximate surface area is 101 Å². The highest BCUT2D eigenvalue weighted by Gasteiger charge is 2.03. The van der Waals surface area contributed by atoms with Crippen LogP contribution in [0.25, 0.3) is 0 Å². The van der Waals surface area contributed by atoms with E-state index >= 15 is 0 Å². The molecule has 0 aliphatic heterocycles. The van der Waals surface area contributed by atoms with Gasteiger partial charge in [0.25, 0.3) is 0 Å².